The highest BCUT2D eigenvalue weighted by Crippen LogP contribution is 2.15. The Morgan fingerprint density at radius 3 is 2.68 bits per heavy atom. The molecule has 0 amide bonds. The predicted octanol–water partition coefficient (Wildman–Crippen LogP) is 1.97. The van der Waals surface area contributed by atoms with Gasteiger partial charge in [-0.25, -0.2) is 19.7 Å². The van der Waals surface area contributed by atoms with Crippen LogP contribution in [0.5, 0.6) is 0 Å². The second-order valence-corrected chi connectivity index (χ2v) is 4.52. The third-order valence-electron chi connectivity index (χ3n) is 3.04. The van der Waals surface area contributed by atoms with Crippen LogP contribution in [0.25, 0.3) is 5.69 Å². The molecule has 0 fully saturated rings. The molecule has 1 aromatic carbocycles. The van der Waals surface area contributed by atoms with E-state index in [-0.39, 0.29) is 5.56 Å². The lowest BCUT2D eigenvalue weighted by atomic mass is 10.2. The van der Waals surface area contributed by atoms with Crippen LogP contribution in [-0.4, -0.2) is 30.6 Å². The molecule has 0 unspecified atom stereocenters. The maximum Gasteiger partial charge on any atom is 0.337 e. The monoisotopic (exact) mass is 295 g/mol. The smallest absolute Gasteiger partial charge is 0.337 e. The van der Waals surface area contributed by atoms with E-state index < -0.39 is 5.97 Å². The highest BCUT2D eigenvalue weighted by atomic mass is 16.4. The molecule has 0 aliphatic rings. The Kier molecular flexibility index (Phi) is 3.78. The average molecular weight is 295 g/mol. The van der Waals surface area contributed by atoms with Gasteiger partial charge in [0.15, 0.2) is 0 Å². The number of carboxylic acids is 1. The minimum atomic E-state index is -0.971. The van der Waals surface area contributed by atoms with E-state index in [0.717, 1.165) is 5.69 Å². The molecule has 2 N–H and O–H groups in total. The number of benzene rings is 1. The van der Waals surface area contributed by atoms with Crippen LogP contribution in [0.2, 0.25) is 0 Å². The number of aromatic carboxylic acids is 1. The van der Waals surface area contributed by atoms with E-state index in [2.05, 4.69) is 20.3 Å². The summed E-state index contributed by atoms with van der Waals surface area (Å²) >= 11 is 0. The topological polar surface area (TPSA) is 92.9 Å². The largest absolute Gasteiger partial charge is 0.478 e. The second kappa shape index (κ2) is 6.04. The Morgan fingerprint density at radius 1 is 1.14 bits per heavy atom. The zero-order chi connectivity index (χ0) is 15.4. The fourth-order valence-electron chi connectivity index (χ4n) is 2.03. The Balaban J connectivity index is 1.78. The van der Waals surface area contributed by atoms with Crippen molar-refractivity contribution in [3.8, 4) is 5.69 Å². The van der Waals surface area contributed by atoms with E-state index in [0.29, 0.717) is 18.2 Å². The first-order valence-corrected chi connectivity index (χ1v) is 6.60. The van der Waals surface area contributed by atoms with E-state index in [1.54, 1.807) is 59.8 Å². The molecule has 3 rings (SSSR count). The normalized spacial score (nSPS) is 10.4. The van der Waals surface area contributed by atoms with Crippen molar-refractivity contribution in [2.24, 2.45) is 0 Å². The highest BCUT2D eigenvalue weighted by molar-refractivity contribution is 5.91. The molecule has 7 nitrogen and oxygen atoms in total. The van der Waals surface area contributed by atoms with Crippen molar-refractivity contribution < 1.29 is 9.90 Å². The summed E-state index contributed by atoms with van der Waals surface area (Å²) in [6.07, 6.45) is 6.66. The number of anilines is 1. The SMILES string of the molecule is O=C(O)c1ccccc1-n1cnc(CNc2ncccn2)c1. The Labute approximate surface area is 126 Å². The molecule has 0 spiro atoms. The summed E-state index contributed by atoms with van der Waals surface area (Å²) in [6.45, 7) is 0.451. The molecule has 110 valence electrons. The first-order chi connectivity index (χ1) is 10.7. The van der Waals surface area contributed by atoms with Crippen molar-refractivity contribution in [2.45, 2.75) is 6.54 Å². The van der Waals surface area contributed by atoms with E-state index in [9.17, 15) is 9.90 Å². The van der Waals surface area contributed by atoms with Crippen molar-refractivity contribution in [2.75, 3.05) is 5.32 Å². The van der Waals surface area contributed by atoms with Gasteiger partial charge in [-0.3, -0.25) is 0 Å². The summed E-state index contributed by atoms with van der Waals surface area (Å²) < 4.78 is 1.69. The molecule has 0 saturated carbocycles. The van der Waals surface area contributed by atoms with Crippen LogP contribution in [0, 0.1) is 0 Å². The Hall–Kier alpha value is -3.22. The molecule has 3 aromatic rings. The van der Waals surface area contributed by atoms with Gasteiger partial charge in [0.05, 0.1) is 29.8 Å². The molecule has 22 heavy (non-hydrogen) atoms. The van der Waals surface area contributed by atoms with Gasteiger partial charge in [-0.1, -0.05) is 12.1 Å². The van der Waals surface area contributed by atoms with Crippen LogP contribution < -0.4 is 5.32 Å². The summed E-state index contributed by atoms with van der Waals surface area (Å²) in [4.78, 5) is 23.6. The summed E-state index contributed by atoms with van der Waals surface area (Å²) in [5, 5.41) is 12.3. The lowest BCUT2D eigenvalue weighted by molar-refractivity contribution is 0.0697. The maximum absolute atomic E-state index is 11.2. The van der Waals surface area contributed by atoms with Gasteiger partial charge in [0.25, 0.3) is 0 Å². The number of carboxylic acid groups (broad SMARTS) is 1. The van der Waals surface area contributed by atoms with Crippen LogP contribution in [0.4, 0.5) is 5.95 Å². The summed E-state index contributed by atoms with van der Waals surface area (Å²) in [5.74, 6) is -0.454. The van der Waals surface area contributed by atoms with Gasteiger partial charge in [0, 0.05) is 18.6 Å². The van der Waals surface area contributed by atoms with Crippen molar-refractivity contribution in [1.82, 2.24) is 19.5 Å². The summed E-state index contributed by atoms with van der Waals surface area (Å²) in [6, 6.07) is 8.52. The van der Waals surface area contributed by atoms with Gasteiger partial charge < -0.3 is 15.0 Å². The number of hydrogen-bond donors (Lipinski definition) is 2. The minimum absolute atomic E-state index is 0.228. The molecular formula is C15H13N5O2. The molecule has 0 aliphatic heterocycles. The first kappa shape index (κ1) is 13.7. The van der Waals surface area contributed by atoms with E-state index in [1.807, 2.05) is 0 Å². The van der Waals surface area contributed by atoms with E-state index >= 15 is 0 Å². The molecule has 0 atom stereocenters. The van der Waals surface area contributed by atoms with Crippen molar-refractivity contribution in [1.29, 1.82) is 0 Å². The lowest BCUT2D eigenvalue weighted by Crippen LogP contribution is -2.04. The van der Waals surface area contributed by atoms with Crippen LogP contribution >= 0.6 is 0 Å². The van der Waals surface area contributed by atoms with Gasteiger partial charge in [-0.2, -0.15) is 0 Å². The van der Waals surface area contributed by atoms with Crippen molar-refractivity contribution in [3.05, 3.63) is 66.5 Å². The van der Waals surface area contributed by atoms with Crippen LogP contribution in [0.3, 0.4) is 0 Å². The predicted molar refractivity (Wildman–Crippen MR) is 79.9 cm³/mol. The molecule has 0 saturated heterocycles. The quantitative estimate of drug-likeness (QED) is 0.747. The number of aromatic nitrogens is 4. The van der Waals surface area contributed by atoms with Crippen molar-refractivity contribution >= 4 is 11.9 Å². The van der Waals surface area contributed by atoms with Crippen LogP contribution in [0.1, 0.15) is 16.1 Å². The second-order valence-electron chi connectivity index (χ2n) is 4.52. The molecule has 2 aromatic heterocycles. The zero-order valence-corrected chi connectivity index (χ0v) is 11.5. The molecule has 2 heterocycles. The summed E-state index contributed by atoms with van der Waals surface area (Å²) in [5.41, 5.74) is 1.56. The number of nitrogens with one attached hydrogen (secondary N) is 1. The van der Waals surface area contributed by atoms with Gasteiger partial charge >= 0.3 is 5.97 Å². The number of imidazole rings is 1. The van der Waals surface area contributed by atoms with Gasteiger partial charge in [0.1, 0.15) is 0 Å². The van der Waals surface area contributed by atoms with Crippen LogP contribution in [-0.2, 0) is 6.54 Å². The van der Waals surface area contributed by atoms with Gasteiger partial charge in [0.2, 0.25) is 5.95 Å². The standard InChI is InChI=1S/C15H13N5O2/c21-14(22)12-4-1-2-5-13(12)20-9-11(19-10-20)8-18-15-16-6-3-7-17-15/h1-7,9-10H,8H2,(H,21,22)(H,16,17,18). The number of nitrogens with zero attached hydrogens (tertiary/aromatic N) is 4. The summed E-state index contributed by atoms with van der Waals surface area (Å²) in [7, 11) is 0. The number of rotatable bonds is 5. The molecule has 0 aliphatic carbocycles. The van der Waals surface area contributed by atoms with E-state index in [1.165, 1.54) is 0 Å². The Bertz CT molecular complexity index is 785. The molecule has 0 bridgehead atoms. The third-order valence-corrected chi connectivity index (χ3v) is 3.04. The average Bonchev–Trinajstić information content (AvgIpc) is 3.03. The third kappa shape index (κ3) is 2.93. The maximum atomic E-state index is 11.2. The van der Waals surface area contributed by atoms with Gasteiger partial charge in [-0.15, -0.1) is 0 Å². The molecule has 7 heteroatoms. The number of carbonyl (C=O) groups is 1. The fraction of sp³-hybridized carbons (Fsp3) is 0.0667. The zero-order valence-electron chi connectivity index (χ0n) is 11.5. The highest BCUT2D eigenvalue weighted by Gasteiger charge is 2.11. The van der Waals surface area contributed by atoms with Crippen molar-refractivity contribution in [3.63, 3.8) is 0 Å². The first-order valence-electron chi connectivity index (χ1n) is 6.60. The number of hydrogen-bond acceptors (Lipinski definition) is 5. The fourth-order valence-corrected chi connectivity index (χ4v) is 2.03. The minimum Gasteiger partial charge on any atom is -0.478 e. The lowest BCUT2D eigenvalue weighted by Gasteiger charge is -2.05. The van der Waals surface area contributed by atoms with Crippen LogP contribution in [0.15, 0.2) is 55.2 Å². The molecular weight excluding hydrogens is 282 g/mol. The van der Waals surface area contributed by atoms with E-state index in [4.69, 9.17) is 0 Å². The Morgan fingerprint density at radius 2 is 1.91 bits per heavy atom. The number of para-hydroxylation sites is 1. The molecule has 0 radical (unpaired) electrons. The van der Waals surface area contributed by atoms with Gasteiger partial charge in [-0.05, 0) is 18.2 Å².